The molecule has 1 aliphatic carbocycles. The summed E-state index contributed by atoms with van der Waals surface area (Å²) in [6.45, 7) is 3.77. The molecule has 2 nitrogen and oxygen atoms in total. The molecule has 0 aromatic rings. The second kappa shape index (κ2) is 5.89. The van der Waals surface area contributed by atoms with Crippen LogP contribution in [0.4, 0.5) is 0 Å². The van der Waals surface area contributed by atoms with E-state index < -0.39 is 0 Å². The van der Waals surface area contributed by atoms with E-state index >= 15 is 0 Å². The molecule has 0 radical (unpaired) electrons. The Kier molecular flexibility index (Phi) is 4.23. The zero-order chi connectivity index (χ0) is 12.1. The smallest absolute Gasteiger partial charge is 0.330 e. The molecule has 2 rings (SSSR count). The van der Waals surface area contributed by atoms with Gasteiger partial charge in [-0.3, -0.25) is 0 Å². The van der Waals surface area contributed by atoms with Crippen molar-refractivity contribution < 1.29 is 9.53 Å². The third kappa shape index (κ3) is 3.11. The van der Waals surface area contributed by atoms with E-state index in [1.165, 1.54) is 21.4 Å². The highest BCUT2D eigenvalue weighted by atomic mass is 32.2. The second-order valence-electron chi connectivity index (χ2n) is 3.32. The summed E-state index contributed by atoms with van der Waals surface area (Å²) in [6.07, 6.45) is 1.19. The first kappa shape index (κ1) is 12.2. The Balaban J connectivity index is 1.87. The molecule has 17 heavy (non-hydrogen) atoms. The molecule has 0 N–H and O–H groups in total. The third-order valence-electron chi connectivity index (χ3n) is 2.19. The van der Waals surface area contributed by atoms with Crippen LogP contribution in [-0.2, 0) is 9.53 Å². The number of fused-ring (bicyclic) bond motifs is 1. The summed E-state index contributed by atoms with van der Waals surface area (Å²) in [5.74, 6) is 0.404. The Morgan fingerprint density at radius 3 is 3.18 bits per heavy atom. The van der Waals surface area contributed by atoms with Gasteiger partial charge in [-0.1, -0.05) is 24.8 Å². The molecule has 0 fully saturated rings. The number of esters is 1. The summed E-state index contributed by atoms with van der Waals surface area (Å²) in [6, 6.07) is 8.38. The van der Waals surface area contributed by atoms with Crippen molar-refractivity contribution in [2.24, 2.45) is 0 Å². The predicted octanol–water partition coefficient (Wildman–Crippen LogP) is 3.67. The first-order valence-corrected chi connectivity index (χ1v) is 7.06. The molecule has 1 heterocycles. The van der Waals surface area contributed by atoms with Crippen LogP contribution in [0.15, 0.2) is 47.2 Å². The number of thioether (sulfide) groups is 1. The number of hydrogen-bond acceptors (Lipinski definition) is 4. The maximum absolute atomic E-state index is 10.8. The first-order chi connectivity index (χ1) is 8.31. The van der Waals surface area contributed by atoms with Gasteiger partial charge in [-0.2, -0.15) is 0 Å². The van der Waals surface area contributed by atoms with E-state index in [-0.39, 0.29) is 5.97 Å². The monoisotopic (exact) mass is 264 g/mol. The normalized spacial score (nSPS) is 10.4. The highest BCUT2D eigenvalue weighted by molar-refractivity contribution is 7.99. The lowest BCUT2D eigenvalue weighted by Crippen LogP contribution is -2.03. The van der Waals surface area contributed by atoms with E-state index in [9.17, 15) is 4.79 Å². The fourth-order valence-corrected chi connectivity index (χ4v) is 3.30. The molecular formula is C13H12O2S2. The minimum Gasteiger partial charge on any atom is -0.462 e. The molecule has 0 unspecified atom stereocenters. The molecule has 4 heteroatoms. The van der Waals surface area contributed by atoms with Crippen LogP contribution in [0.1, 0.15) is 0 Å². The van der Waals surface area contributed by atoms with E-state index in [0.717, 1.165) is 5.75 Å². The van der Waals surface area contributed by atoms with Crippen LogP contribution < -0.4 is 0 Å². The molecule has 0 aromatic carbocycles. The maximum Gasteiger partial charge on any atom is 0.330 e. The van der Waals surface area contributed by atoms with E-state index in [2.05, 4.69) is 30.2 Å². The van der Waals surface area contributed by atoms with Gasteiger partial charge in [-0.15, -0.1) is 23.1 Å². The average Bonchev–Trinajstić information content (AvgIpc) is 2.78. The Bertz CT molecular complexity index is 490. The predicted molar refractivity (Wildman–Crippen MR) is 72.8 cm³/mol. The van der Waals surface area contributed by atoms with E-state index in [4.69, 9.17) is 4.74 Å². The minimum absolute atomic E-state index is 0.360. The number of hydrogen-bond donors (Lipinski definition) is 0. The summed E-state index contributed by atoms with van der Waals surface area (Å²) in [5, 5.41) is 2.07. The topological polar surface area (TPSA) is 26.3 Å². The number of carbonyl (C=O) groups excluding carboxylic acids is 1. The van der Waals surface area contributed by atoms with E-state index in [1.807, 2.05) is 6.07 Å². The lowest BCUT2D eigenvalue weighted by Gasteiger charge is -2.03. The van der Waals surface area contributed by atoms with Gasteiger partial charge < -0.3 is 4.74 Å². The third-order valence-corrected chi connectivity index (χ3v) is 4.33. The van der Waals surface area contributed by atoms with Crippen LogP contribution in [0.3, 0.4) is 0 Å². The van der Waals surface area contributed by atoms with Crippen molar-refractivity contribution in [1.82, 2.24) is 0 Å². The highest BCUT2D eigenvalue weighted by Gasteiger charge is 2.09. The van der Waals surface area contributed by atoms with Gasteiger partial charge in [0.05, 0.1) is 0 Å². The van der Waals surface area contributed by atoms with Crippen LogP contribution in [0, 0.1) is 0 Å². The van der Waals surface area contributed by atoms with Gasteiger partial charge in [0, 0.05) is 21.6 Å². The summed E-state index contributed by atoms with van der Waals surface area (Å²) in [7, 11) is 0. The van der Waals surface area contributed by atoms with Gasteiger partial charge in [0.2, 0.25) is 0 Å². The van der Waals surface area contributed by atoms with Gasteiger partial charge in [0.1, 0.15) is 6.61 Å². The van der Waals surface area contributed by atoms with Gasteiger partial charge in [0.15, 0.2) is 0 Å². The molecule has 1 aliphatic heterocycles. The van der Waals surface area contributed by atoms with Crippen LogP contribution in [0.5, 0.6) is 0 Å². The fraction of sp³-hybridized carbons (Fsp3) is 0.154. The van der Waals surface area contributed by atoms with Crippen molar-refractivity contribution in [3.63, 3.8) is 0 Å². The maximum atomic E-state index is 10.8. The van der Waals surface area contributed by atoms with Gasteiger partial charge in [-0.25, -0.2) is 4.79 Å². The van der Waals surface area contributed by atoms with Crippen LogP contribution in [-0.4, -0.2) is 18.3 Å². The van der Waals surface area contributed by atoms with Crippen LogP contribution in [0.2, 0.25) is 0 Å². The summed E-state index contributed by atoms with van der Waals surface area (Å²) in [4.78, 5) is 13.4. The summed E-state index contributed by atoms with van der Waals surface area (Å²) >= 11 is 3.44. The fourth-order valence-electron chi connectivity index (χ4n) is 1.43. The van der Waals surface area contributed by atoms with E-state index in [1.54, 1.807) is 23.1 Å². The molecule has 2 aliphatic rings. The Labute approximate surface area is 109 Å². The molecule has 0 amide bonds. The first-order valence-electron chi connectivity index (χ1n) is 5.19. The molecule has 0 aromatic heterocycles. The van der Waals surface area contributed by atoms with Crippen molar-refractivity contribution in [3.05, 3.63) is 42.3 Å². The summed E-state index contributed by atoms with van der Waals surface area (Å²) in [5.41, 5.74) is 1.27. The molecular weight excluding hydrogens is 252 g/mol. The van der Waals surface area contributed by atoms with Crippen molar-refractivity contribution in [1.29, 1.82) is 0 Å². The highest BCUT2D eigenvalue weighted by Crippen LogP contribution is 2.37. The van der Waals surface area contributed by atoms with Gasteiger partial charge in [-0.05, 0) is 17.0 Å². The largest absolute Gasteiger partial charge is 0.462 e. The Morgan fingerprint density at radius 2 is 2.35 bits per heavy atom. The van der Waals surface area contributed by atoms with Crippen molar-refractivity contribution in [2.75, 3.05) is 12.4 Å². The zero-order valence-corrected chi connectivity index (χ0v) is 10.9. The number of carbonyl (C=O) groups is 1. The molecule has 0 atom stereocenters. The minimum atomic E-state index is -0.360. The number of ether oxygens (including phenoxy) is 1. The Hall–Kier alpha value is -1.26. The van der Waals surface area contributed by atoms with Crippen LogP contribution >= 0.6 is 23.1 Å². The number of rotatable bonds is 5. The van der Waals surface area contributed by atoms with E-state index in [0.29, 0.717) is 6.61 Å². The SMILES string of the molecule is C=CC(=O)OCCSc1ccc2cccsc1-2. The lowest BCUT2D eigenvalue weighted by molar-refractivity contribution is -0.137. The van der Waals surface area contributed by atoms with Crippen LogP contribution in [0.25, 0.3) is 10.4 Å². The van der Waals surface area contributed by atoms with Gasteiger partial charge >= 0.3 is 5.97 Å². The molecule has 0 spiro atoms. The Morgan fingerprint density at radius 1 is 1.47 bits per heavy atom. The molecule has 0 bridgehead atoms. The molecule has 0 saturated carbocycles. The van der Waals surface area contributed by atoms with Gasteiger partial charge in [0.25, 0.3) is 0 Å². The summed E-state index contributed by atoms with van der Waals surface area (Å²) < 4.78 is 4.93. The molecule has 0 saturated heterocycles. The van der Waals surface area contributed by atoms with Crippen molar-refractivity contribution in [3.8, 4) is 10.4 Å². The van der Waals surface area contributed by atoms with Crippen molar-refractivity contribution >= 4 is 29.1 Å². The standard InChI is InChI=1S/C13H12O2S2/c1-2-12(14)15-7-9-16-11-6-5-10-4-3-8-17-13(10)11/h2-6,8H,1,7,9H2. The average molecular weight is 264 g/mol. The second-order valence-corrected chi connectivity index (χ2v) is 5.37. The van der Waals surface area contributed by atoms with Crippen molar-refractivity contribution in [2.45, 2.75) is 4.90 Å². The molecule has 88 valence electrons. The quantitative estimate of drug-likeness (QED) is 0.357. The lowest BCUT2D eigenvalue weighted by atomic mass is 10.3. The zero-order valence-electron chi connectivity index (χ0n) is 9.22.